The van der Waals surface area contributed by atoms with Gasteiger partial charge in [-0.15, -0.1) is 0 Å². The molecular weight excluding hydrogens is 290 g/mol. The number of carbonyl (C=O) groups is 1. The predicted molar refractivity (Wildman–Crippen MR) is 88.6 cm³/mol. The summed E-state index contributed by atoms with van der Waals surface area (Å²) < 4.78 is 0. The monoisotopic (exact) mass is 317 g/mol. The van der Waals surface area contributed by atoms with E-state index in [0.29, 0.717) is 17.8 Å². The molecule has 5 nitrogen and oxygen atoms in total. The molecule has 126 valence electrons. The van der Waals surface area contributed by atoms with Crippen LogP contribution in [0.5, 0.6) is 0 Å². The van der Waals surface area contributed by atoms with Gasteiger partial charge in [0.15, 0.2) is 0 Å². The molecule has 3 heterocycles. The van der Waals surface area contributed by atoms with Crippen LogP contribution in [0.25, 0.3) is 0 Å². The van der Waals surface area contributed by atoms with Gasteiger partial charge in [0.2, 0.25) is 5.91 Å². The molecule has 1 aromatic rings. The van der Waals surface area contributed by atoms with Crippen molar-refractivity contribution in [2.45, 2.75) is 26.3 Å². The standard InChI is InChI=1S/C18H27N3O2/c1-14(23)21-7-4-16(5-8-21)18-12-20(11-17(18)13-22)10-15-3-2-6-19-9-15/h2-3,6,9,16-18,22H,4-5,7-8,10-13H2,1H3/t17-,18-/m0/s1. The zero-order valence-corrected chi connectivity index (χ0v) is 13.9. The van der Waals surface area contributed by atoms with Crippen molar-refractivity contribution in [2.24, 2.45) is 17.8 Å². The fraction of sp³-hybridized carbons (Fsp3) is 0.667. The lowest BCUT2D eigenvalue weighted by molar-refractivity contribution is -0.130. The predicted octanol–water partition coefficient (Wildman–Crippen LogP) is 1.38. The zero-order chi connectivity index (χ0) is 16.2. The van der Waals surface area contributed by atoms with Gasteiger partial charge in [0, 0.05) is 58.6 Å². The van der Waals surface area contributed by atoms with Crippen molar-refractivity contribution in [1.29, 1.82) is 0 Å². The summed E-state index contributed by atoms with van der Waals surface area (Å²) >= 11 is 0. The highest BCUT2D eigenvalue weighted by Gasteiger charge is 2.38. The summed E-state index contributed by atoms with van der Waals surface area (Å²) in [7, 11) is 0. The van der Waals surface area contributed by atoms with E-state index in [1.54, 1.807) is 13.1 Å². The summed E-state index contributed by atoms with van der Waals surface area (Å²) in [4.78, 5) is 20.1. The smallest absolute Gasteiger partial charge is 0.219 e. The first kappa shape index (κ1) is 16.4. The molecule has 2 aliphatic heterocycles. The normalized spacial score (nSPS) is 26.6. The minimum atomic E-state index is 0.187. The number of pyridine rings is 1. The van der Waals surface area contributed by atoms with Gasteiger partial charge in [-0.3, -0.25) is 14.7 Å². The summed E-state index contributed by atoms with van der Waals surface area (Å²) in [6.45, 7) is 6.58. The maximum atomic E-state index is 11.5. The Balaban J connectivity index is 1.58. The van der Waals surface area contributed by atoms with Crippen LogP contribution < -0.4 is 0 Å². The molecule has 0 unspecified atom stereocenters. The summed E-state index contributed by atoms with van der Waals surface area (Å²) in [5.74, 6) is 1.72. The summed E-state index contributed by atoms with van der Waals surface area (Å²) in [6, 6.07) is 4.09. The third-order valence-electron chi connectivity index (χ3n) is 5.52. The van der Waals surface area contributed by atoms with E-state index in [9.17, 15) is 9.90 Å². The van der Waals surface area contributed by atoms with Crippen molar-refractivity contribution >= 4 is 5.91 Å². The molecular formula is C18H27N3O2. The highest BCUT2D eigenvalue weighted by atomic mass is 16.3. The number of rotatable bonds is 4. The second-order valence-corrected chi connectivity index (χ2v) is 7.01. The van der Waals surface area contributed by atoms with Crippen molar-refractivity contribution in [3.63, 3.8) is 0 Å². The SMILES string of the molecule is CC(=O)N1CCC([C@@H]2CN(Cc3cccnc3)C[C@H]2CO)CC1. The quantitative estimate of drug-likeness (QED) is 0.911. The van der Waals surface area contributed by atoms with Gasteiger partial charge in [0.25, 0.3) is 0 Å². The third-order valence-corrected chi connectivity index (χ3v) is 5.52. The van der Waals surface area contributed by atoms with Crippen molar-refractivity contribution in [3.8, 4) is 0 Å². The van der Waals surface area contributed by atoms with Gasteiger partial charge in [-0.2, -0.15) is 0 Å². The minimum absolute atomic E-state index is 0.187. The number of amides is 1. The number of carbonyl (C=O) groups excluding carboxylic acids is 1. The Hall–Kier alpha value is -1.46. The average Bonchev–Trinajstić information content (AvgIpc) is 2.98. The molecule has 5 heteroatoms. The molecule has 2 atom stereocenters. The molecule has 2 aliphatic rings. The van der Waals surface area contributed by atoms with Gasteiger partial charge in [0.1, 0.15) is 0 Å². The Bertz CT molecular complexity index is 514. The number of piperidine rings is 1. The summed E-state index contributed by atoms with van der Waals surface area (Å²) in [5, 5.41) is 9.79. The van der Waals surface area contributed by atoms with E-state index in [1.165, 1.54) is 5.56 Å². The van der Waals surface area contributed by atoms with Crippen LogP contribution in [0.15, 0.2) is 24.5 Å². The van der Waals surface area contributed by atoms with E-state index in [2.05, 4.69) is 16.0 Å². The molecule has 23 heavy (non-hydrogen) atoms. The highest BCUT2D eigenvalue weighted by molar-refractivity contribution is 5.73. The topological polar surface area (TPSA) is 56.7 Å². The Labute approximate surface area is 138 Å². The first-order valence-electron chi connectivity index (χ1n) is 8.65. The van der Waals surface area contributed by atoms with Crippen LogP contribution in [0.3, 0.4) is 0 Å². The number of hydrogen-bond acceptors (Lipinski definition) is 4. The number of likely N-dealkylation sites (tertiary alicyclic amines) is 2. The van der Waals surface area contributed by atoms with E-state index < -0.39 is 0 Å². The lowest BCUT2D eigenvalue weighted by Gasteiger charge is -2.36. The summed E-state index contributed by atoms with van der Waals surface area (Å²) in [5.41, 5.74) is 1.23. The fourth-order valence-corrected chi connectivity index (χ4v) is 4.24. The van der Waals surface area contributed by atoms with E-state index >= 15 is 0 Å². The van der Waals surface area contributed by atoms with Crippen molar-refractivity contribution in [1.82, 2.24) is 14.8 Å². The highest BCUT2D eigenvalue weighted by Crippen LogP contribution is 2.36. The lowest BCUT2D eigenvalue weighted by atomic mass is 9.79. The number of hydrogen-bond donors (Lipinski definition) is 1. The molecule has 0 saturated carbocycles. The second-order valence-electron chi connectivity index (χ2n) is 7.01. The van der Waals surface area contributed by atoms with E-state index in [0.717, 1.165) is 45.6 Å². The molecule has 1 N–H and O–H groups in total. The first-order chi connectivity index (χ1) is 11.2. The van der Waals surface area contributed by atoms with Crippen molar-refractivity contribution in [3.05, 3.63) is 30.1 Å². The fourth-order valence-electron chi connectivity index (χ4n) is 4.24. The number of aromatic nitrogens is 1. The molecule has 1 amide bonds. The molecule has 0 spiro atoms. The van der Waals surface area contributed by atoms with Gasteiger partial charge in [-0.1, -0.05) is 6.07 Å². The zero-order valence-electron chi connectivity index (χ0n) is 13.9. The molecule has 0 radical (unpaired) electrons. The minimum Gasteiger partial charge on any atom is -0.396 e. The van der Waals surface area contributed by atoms with Crippen LogP contribution in [0.2, 0.25) is 0 Å². The van der Waals surface area contributed by atoms with Gasteiger partial charge < -0.3 is 10.0 Å². The van der Waals surface area contributed by atoms with E-state index in [4.69, 9.17) is 0 Å². The molecule has 1 aromatic heterocycles. The Morgan fingerprint density at radius 3 is 2.74 bits per heavy atom. The number of nitrogens with zero attached hydrogens (tertiary/aromatic N) is 3. The Morgan fingerprint density at radius 1 is 1.35 bits per heavy atom. The molecule has 0 bridgehead atoms. The van der Waals surface area contributed by atoms with E-state index in [1.807, 2.05) is 17.2 Å². The second kappa shape index (κ2) is 7.41. The Kier molecular flexibility index (Phi) is 5.28. The maximum absolute atomic E-state index is 11.5. The van der Waals surface area contributed by atoms with Crippen LogP contribution in [0, 0.1) is 17.8 Å². The Morgan fingerprint density at radius 2 is 2.13 bits per heavy atom. The molecule has 3 rings (SSSR count). The van der Waals surface area contributed by atoms with Crippen LogP contribution in [-0.4, -0.2) is 58.6 Å². The van der Waals surface area contributed by atoms with Gasteiger partial charge in [0.05, 0.1) is 0 Å². The molecule has 2 fully saturated rings. The number of aliphatic hydroxyl groups excluding tert-OH is 1. The van der Waals surface area contributed by atoms with Gasteiger partial charge >= 0.3 is 0 Å². The van der Waals surface area contributed by atoms with Gasteiger partial charge in [-0.25, -0.2) is 0 Å². The largest absolute Gasteiger partial charge is 0.396 e. The van der Waals surface area contributed by atoms with Gasteiger partial charge in [-0.05, 0) is 42.2 Å². The molecule has 2 saturated heterocycles. The third kappa shape index (κ3) is 3.90. The van der Waals surface area contributed by atoms with Crippen LogP contribution >= 0.6 is 0 Å². The summed E-state index contributed by atoms with van der Waals surface area (Å²) in [6.07, 6.45) is 5.87. The molecule has 0 aliphatic carbocycles. The van der Waals surface area contributed by atoms with Crippen LogP contribution in [0.4, 0.5) is 0 Å². The lowest BCUT2D eigenvalue weighted by Crippen LogP contribution is -2.40. The average molecular weight is 317 g/mol. The first-order valence-corrected chi connectivity index (χ1v) is 8.65. The maximum Gasteiger partial charge on any atom is 0.219 e. The van der Waals surface area contributed by atoms with Crippen LogP contribution in [-0.2, 0) is 11.3 Å². The van der Waals surface area contributed by atoms with Crippen molar-refractivity contribution in [2.75, 3.05) is 32.8 Å². The van der Waals surface area contributed by atoms with Crippen molar-refractivity contribution < 1.29 is 9.90 Å². The number of aliphatic hydroxyl groups is 1. The van der Waals surface area contributed by atoms with E-state index in [-0.39, 0.29) is 12.5 Å². The van der Waals surface area contributed by atoms with Crippen LogP contribution in [0.1, 0.15) is 25.3 Å². The molecule has 0 aromatic carbocycles.